The molecule has 8 nitrogen and oxygen atoms in total. The van der Waals surface area contributed by atoms with E-state index in [2.05, 4.69) is 36.5 Å². The fourth-order valence-corrected chi connectivity index (χ4v) is 4.18. The summed E-state index contributed by atoms with van der Waals surface area (Å²) in [4.78, 5) is 8.44. The number of aliphatic hydroxyl groups excluding tert-OH is 1. The second-order valence-corrected chi connectivity index (χ2v) is 9.79. The number of anilines is 3. The Morgan fingerprint density at radius 1 is 1.48 bits per heavy atom. The van der Waals surface area contributed by atoms with Crippen LogP contribution in [0.4, 0.5) is 17.5 Å². The standard InChI is InChI=1S/C13H17BrClN5O3S2/c1-6(2)9(5-21)18-12-7(14)4-17-13(20-12)19-8-3-10(24-11(8)15)25(16,22)23/h3-4,6,9,21H,5H2,1-2H3,(H2,16,22,23)(H2,17,18,19,20)/t9-/m0/s1. The highest BCUT2D eigenvalue weighted by atomic mass is 79.9. The fourth-order valence-electron chi connectivity index (χ4n) is 1.82. The van der Waals surface area contributed by atoms with E-state index < -0.39 is 10.0 Å². The van der Waals surface area contributed by atoms with Gasteiger partial charge in [0.2, 0.25) is 16.0 Å². The van der Waals surface area contributed by atoms with Gasteiger partial charge in [0.15, 0.2) is 0 Å². The molecule has 0 aliphatic heterocycles. The molecule has 0 saturated carbocycles. The summed E-state index contributed by atoms with van der Waals surface area (Å²) in [6, 6.07) is 1.14. The maximum Gasteiger partial charge on any atom is 0.247 e. The summed E-state index contributed by atoms with van der Waals surface area (Å²) in [5.74, 6) is 0.891. The summed E-state index contributed by atoms with van der Waals surface area (Å²) in [6.45, 7) is 3.90. The van der Waals surface area contributed by atoms with Gasteiger partial charge in [0.05, 0.1) is 22.8 Å². The molecule has 138 valence electrons. The van der Waals surface area contributed by atoms with E-state index in [0.717, 1.165) is 11.3 Å². The molecule has 0 spiro atoms. The van der Waals surface area contributed by atoms with E-state index in [9.17, 15) is 13.5 Å². The highest BCUT2D eigenvalue weighted by Gasteiger charge is 2.18. The Kier molecular flexibility index (Phi) is 6.62. The number of nitrogens with zero attached hydrogens (tertiary/aromatic N) is 2. The van der Waals surface area contributed by atoms with E-state index in [4.69, 9.17) is 16.7 Å². The molecule has 0 unspecified atom stereocenters. The van der Waals surface area contributed by atoms with Crippen LogP contribution in [0.5, 0.6) is 0 Å². The number of sulfonamides is 1. The van der Waals surface area contributed by atoms with Crippen LogP contribution in [0.3, 0.4) is 0 Å². The van der Waals surface area contributed by atoms with Crippen LogP contribution in [0.25, 0.3) is 0 Å². The van der Waals surface area contributed by atoms with Crippen molar-refractivity contribution < 1.29 is 13.5 Å². The molecule has 5 N–H and O–H groups in total. The highest BCUT2D eigenvalue weighted by Crippen LogP contribution is 2.36. The van der Waals surface area contributed by atoms with Gasteiger partial charge in [-0.25, -0.2) is 18.5 Å². The fraction of sp³-hybridized carbons (Fsp3) is 0.385. The van der Waals surface area contributed by atoms with Gasteiger partial charge in [-0.3, -0.25) is 0 Å². The van der Waals surface area contributed by atoms with Crippen LogP contribution in [-0.2, 0) is 10.0 Å². The molecule has 0 aromatic carbocycles. The monoisotopic (exact) mass is 469 g/mol. The van der Waals surface area contributed by atoms with Crippen LogP contribution < -0.4 is 15.8 Å². The zero-order valence-electron chi connectivity index (χ0n) is 13.3. The minimum Gasteiger partial charge on any atom is -0.394 e. The van der Waals surface area contributed by atoms with Gasteiger partial charge >= 0.3 is 0 Å². The number of hydrogen-bond acceptors (Lipinski definition) is 8. The third-order valence-electron chi connectivity index (χ3n) is 3.26. The van der Waals surface area contributed by atoms with Gasteiger partial charge < -0.3 is 15.7 Å². The molecule has 0 fully saturated rings. The van der Waals surface area contributed by atoms with Gasteiger partial charge in [0.1, 0.15) is 14.4 Å². The van der Waals surface area contributed by atoms with E-state index >= 15 is 0 Å². The average molecular weight is 471 g/mol. The molecule has 2 aromatic rings. The second kappa shape index (κ2) is 8.14. The van der Waals surface area contributed by atoms with Crippen molar-refractivity contribution in [3.63, 3.8) is 0 Å². The molecule has 0 aliphatic rings. The van der Waals surface area contributed by atoms with Gasteiger partial charge in [-0.2, -0.15) is 4.98 Å². The van der Waals surface area contributed by atoms with Crippen molar-refractivity contribution in [3.8, 4) is 0 Å². The van der Waals surface area contributed by atoms with Gasteiger partial charge in [0, 0.05) is 6.20 Å². The van der Waals surface area contributed by atoms with Crippen LogP contribution in [0.15, 0.2) is 20.9 Å². The Morgan fingerprint density at radius 3 is 2.68 bits per heavy atom. The second-order valence-electron chi connectivity index (χ2n) is 5.49. The smallest absolute Gasteiger partial charge is 0.247 e. The summed E-state index contributed by atoms with van der Waals surface area (Å²) in [7, 11) is -3.83. The number of nitrogens with two attached hydrogens (primary N) is 1. The van der Waals surface area contributed by atoms with E-state index in [1.54, 1.807) is 0 Å². The molecule has 0 amide bonds. The number of aromatic nitrogens is 2. The Hall–Kier alpha value is -0.980. The maximum atomic E-state index is 11.4. The van der Waals surface area contributed by atoms with Crippen molar-refractivity contribution in [1.29, 1.82) is 0 Å². The lowest BCUT2D eigenvalue weighted by Crippen LogP contribution is -2.30. The van der Waals surface area contributed by atoms with Crippen molar-refractivity contribution in [1.82, 2.24) is 9.97 Å². The van der Waals surface area contributed by atoms with E-state index in [1.807, 2.05) is 13.8 Å². The van der Waals surface area contributed by atoms with Crippen molar-refractivity contribution in [2.24, 2.45) is 11.1 Å². The zero-order valence-corrected chi connectivity index (χ0v) is 17.3. The van der Waals surface area contributed by atoms with Crippen molar-refractivity contribution in [3.05, 3.63) is 21.1 Å². The number of hydrogen-bond donors (Lipinski definition) is 4. The quantitative estimate of drug-likeness (QED) is 0.489. The maximum absolute atomic E-state index is 11.4. The summed E-state index contributed by atoms with van der Waals surface area (Å²) < 4.78 is 23.6. The lowest BCUT2D eigenvalue weighted by Gasteiger charge is -2.21. The van der Waals surface area contributed by atoms with E-state index in [1.165, 1.54) is 12.3 Å². The minimum atomic E-state index is -3.83. The molecule has 2 heterocycles. The van der Waals surface area contributed by atoms with E-state index in [0.29, 0.717) is 16.0 Å². The first-order valence-electron chi connectivity index (χ1n) is 7.11. The van der Waals surface area contributed by atoms with Crippen molar-refractivity contribution in [2.45, 2.75) is 24.1 Å². The first-order chi connectivity index (χ1) is 11.6. The number of nitrogens with one attached hydrogen (secondary N) is 2. The number of halogens is 2. The van der Waals surface area contributed by atoms with Crippen LogP contribution in [0.1, 0.15) is 13.8 Å². The molecule has 0 aliphatic carbocycles. The largest absolute Gasteiger partial charge is 0.394 e. The molecule has 12 heteroatoms. The molecular weight excluding hydrogens is 454 g/mol. The van der Waals surface area contributed by atoms with Crippen LogP contribution in [0.2, 0.25) is 4.34 Å². The predicted octanol–water partition coefficient (Wildman–Crippen LogP) is 2.77. The van der Waals surface area contributed by atoms with Crippen LogP contribution in [-0.4, -0.2) is 36.1 Å². The molecule has 0 radical (unpaired) electrons. The zero-order chi connectivity index (χ0) is 18.8. The van der Waals surface area contributed by atoms with Gasteiger partial charge in [0.25, 0.3) is 0 Å². The van der Waals surface area contributed by atoms with Gasteiger partial charge in [-0.15, -0.1) is 11.3 Å². The van der Waals surface area contributed by atoms with E-state index in [-0.39, 0.29) is 33.1 Å². The normalized spacial score (nSPS) is 13.1. The molecular formula is C13H17BrClN5O3S2. The Labute approximate surface area is 163 Å². The molecule has 25 heavy (non-hydrogen) atoms. The Morgan fingerprint density at radius 2 is 2.16 bits per heavy atom. The minimum absolute atomic E-state index is 0.0506. The number of rotatable bonds is 7. The third-order valence-corrected chi connectivity index (χ3v) is 6.62. The topological polar surface area (TPSA) is 130 Å². The van der Waals surface area contributed by atoms with Gasteiger partial charge in [-0.1, -0.05) is 25.4 Å². The third kappa shape index (κ3) is 5.25. The summed E-state index contributed by atoms with van der Waals surface area (Å²) in [5, 5.41) is 20.5. The van der Waals surface area contributed by atoms with Crippen molar-refractivity contribution in [2.75, 3.05) is 17.2 Å². The van der Waals surface area contributed by atoms with Crippen LogP contribution >= 0.6 is 38.9 Å². The van der Waals surface area contributed by atoms with Crippen LogP contribution in [0, 0.1) is 5.92 Å². The number of thiophene rings is 1. The Bertz CT molecular complexity index is 859. The van der Waals surface area contributed by atoms with Gasteiger partial charge in [-0.05, 0) is 27.9 Å². The molecule has 0 saturated heterocycles. The number of aliphatic hydroxyl groups is 1. The highest BCUT2D eigenvalue weighted by molar-refractivity contribution is 9.10. The first kappa shape index (κ1) is 20.3. The molecule has 2 aromatic heterocycles. The molecule has 2 rings (SSSR count). The Balaban J connectivity index is 2.27. The SMILES string of the molecule is CC(C)[C@H](CO)Nc1nc(Nc2cc(S(N)(=O)=O)sc2Cl)ncc1Br. The first-order valence-corrected chi connectivity index (χ1v) is 10.6. The summed E-state index contributed by atoms with van der Waals surface area (Å²) in [6.07, 6.45) is 1.54. The summed E-state index contributed by atoms with van der Waals surface area (Å²) in [5.41, 5.74) is 0.339. The summed E-state index contributed by atoms with van der Waals surface area (Å²) >= 11 is 10.2. The number of primary sulfonamides is 1. The molecule has 0 bridgehead atoms. The predicted molar refractivity (Wildman–Crippen MR) is 103 cm³/mol. The lowest BCUT2D eigenvalue weighted by molar-refractivity contribution is 0.249. The molecule has 1 atom stereocenters. The van der Waals surface area contributed by atoms with Crippen molar-refractivity contribution >= 4 is 66.3 Å². The average Bonchev–Trinajstić information content (AvgIpc) is 2.88. The lowest BCUT2D eigenvalue weighted by atomic mass is 10.1.